The summed E-state index contributed by atoms with van der Waals surface area (Å²) in [6.45, 7) is 0.306. The summed E-state index contributed by atoms with van der Waals surface area (Å²) in [6.07, 6.45) is 8.21. The van der Waals surface area contributed by atoms with Crippen LogP contribution in [0.1, 0.15) is 32.8 Å². The zero-order valence-corrected chi connectivity index (χ0v) is 20.6. The van der Waals surface area contributed by atoms with Gasteiger partial charge in [0.1, 0.15) is 34.5 Å². The molecule has 6 heterocycles. The molecule has 0 radical (unpaired) electrons. The zero-order chi connectivity index (χ0) is 25.5. The average Bonchev–Trinajstić information content (AvgIpc) is 3.69. The number of nitrogens with one attached hydrogen (secondary N) is 2. The Balaban J connectivity index is 1.17. The standard InChI is InChI=1S/C23H18N8O4S2/c24-17-6-15-11(7-26-17)5-12(36-15)8-28-19(32)14-1-2-18-27-9-13(23(34)31(14)18)30-20(33)16-10-29-22(37-16)21-25-3-4-35-21/h3-7,9-10,14H,1-2,8H2,(H2,24,26)(H,28,32)(H,30,33)/t14-/m0/s1. The van der Waals surface area contributed by atoms with Crippen LogP contribution in [-0.4, -0.2) is 36.3 Å². The predicted molar refractivity (Wildman–Crippen MR) is 137 cm³/mol. The highest BCUT2D eigenvalue weighted by Gasteiger charge is 2.31. The van der Waals surface area contributed by atoms with E-state index in [0.29, 0.717) is 41.9 Å². The number of rotatable bonds is 6. The first kappa shape index (κ1) is 23.0. The molecule has 1 aliphatic heterocycles. The minimum Gasteiger partial charge on any atom is -0.443 e. The predicted octanol–water partition coefficient (Wildman–Crippen LogP) is 2.60. The second-order valence-electron chi connectivity index (χ2n) is 8.22. The fourth-order valence-corrected chi connectivity index (χ4v) is 5.89. The van der Waals surface area contributed by atoms with Gasteiger partial charge in [0.2, 0.25) is 5.91 Å². The summed E-state index contributed by atoms with van der Waals surface area (Å²) >= 11 is 2.59. The molecule has 1 atom stereocenters. The van der Waals surface area contributed by atoms with Gasteiger partial charge in [0, 0.05) is 27.6 Å². The van der Waals surface area contributed by atoms with Crippen LogP contribution in [0.5, 0.6) is 0 Å². The molecule has 186 valence electrons. The number of amides is 2. The third-order valence-electron chi connectivity index (χ3n) is 5.83. The van der Waals surface area contributed by atoms with E-state index in [1.807, 2.05) is 6.07 Å². The molecule has 2 amide bonds. The second kappa shape index (κ2) is 9.22. The van der Waals surface area contributed by atoms with E-state index >= 15 is 0 Å². The van der Waals surface area contributed by atoms with Crippen molar-refractivity contribution in [2.75, 3.05) is 11.1 Å². The summed E-state index contributed by atoms with van der Waals surface area (Å²) in [7, 11) is 0. The monoisotopic (exact) mass is 534 g/mol. The third-order valence-corrected chi connectivity index (χ3v) is 7.91. The van der Waals surface area contributed by atoms with E-state index in [0.717, 1.165) is 26.3 Å². The molecule has 0 saturated carbocycles. The number of aryl methyl sites for hydroxylation is 1. The SMILES string of the molecule is Nc1cc2sc(CNC(=O)[C@@H]3CCc4ncc(NC(=O)c5cnc(-c6ncco6)s5)c(=O)n43)cc2cn1. The van der Waals surface area contributed by atoms with Gasteiger partial charge in [0.25, 0.3) is 17.4 Å². The lowest BCUT2D eigenvalue weighted by Gasteiger charge is -2.15. The quantitative estimate of drug-likeness (QED) is 0.296. The first-order valence-electron chi connectivity index (χ1n) is 11.2. The van der Waals surface area contributed by atoms with E-state index in [9.17, 15) is 14.4 Å². The molecule has 1 aliphatic rings. The number of anilines is 2. The molecule has 0 aromatic carbocycles. The van der Waals surface area contributed by atoms with Gasteiger partial charge in [0.05, 0.1) is 25.1 Å². The van der Waals surface area contributed by atoms with Crippen LogP contribution >= 0.6 is 22.7 Å². The van der Waals surface area contributed by atoms with Crippen LogP contribution in [0.4, 0.5) is 11.5 Å². The number of nitrogen functional groups attached to an aromatic ring is 1. The van der Waals surface area contributed by atoms with E-state index in [2.05, 4.69) is 30.6 Å². The summed E-state index contributed by atoms with van der Waals surface area (Å²) in [4.78, 5) is 56.8. The Bertz CT molecular complexity index is 1710. The summed E-state index contributed by atoms with van der Waals surface area (Å²) < 4.78 is 7.54. The van der Waals surface area contributed by atoms with Gasteiger partial charge >= 0.3 is 0 Å². The highest BCUT2D eigenvalue weighted by atomic mass is 32.1. The lowest BCUT2D eigenvalue weighted by atomic mass is 10.2. The van der Waals surface area contributed by atoms with Crippen LogP contribution < -0.4 is 21.9 Å². The Morgan fingerprint density at radius 1 is 1.14 bits per heavy atom. The summed E-state index contributed by atoms with van der Waals surface area (Å²) in [5.74, 6) is 0.421. The first-order chi connectivity index (χ1) is 18.0. The molecule has 6 rings (SSSR count). The van der Waals surface area contributed by atoms with Crippen LogP contribution in [0, 0.1) is 0 Å². The maximum Gasteiger partial charge on any atom is 0.278 e. The fourth-order valence-electron chi connectivity index (χ4n) is 4.11. The number of pyridine rings is 1. The Labute approximate surface area is 216 Å². The Morgan fingerprint density at radius 2 is 2.03 bits per heavy atom. The molecule has 0 unspecified atom stereocenters. The van der Waals surface area contributed by atoms with Crippen molar-refractivity contribution in [2.45, 2.75) is 25.4 Å². The summed E-state index contributed by atoms with van der Waals surface area (Å²) in [5, 5.41) is 6.89. The number of nitrogens with zero attached hydrogens (tertiary/aromatic N) is 5. The maximum absolute atomic E-state index is 13.2. The molecule has 12 nitrogen and oxygen atoms in total. The van der Waals surface area contributed by atoms with Crippen molar-refractivity contribution in [1.82, 2.24) is 29.8 Å². The van der Waals surface area contributed by atoms with Gasteiger partial charge in [-0.2, -0.15) is 0 Å². The highest BCUT2D eigenvalue weighted by molar-refractivity contribution is 7.19. The van der Waals surface area contributed by atoms with Crippen molar-refractivity contribution < 1.29 is 14.0 Å². The lowest BCUT2D eigenvalue weighted by molar-refractivity contribution is -0.124. The number of thiazole rings is 1. The van der Waals surface area contributed by atoms with Gasteiger partial charge in [-0.15, -0.1) is 22.7 Å². The van der Waals surface area contributed by atoms with Crippen LogP contribution in [0.15, 0.2) is 52.4 Å². The van der Waals surface area contributed by atoms with E-state index in [4.69, 9.17) is 10.2 Å². The molecule has 37 heavy (non-hydrogen) atoms. The minimum atomic E-state index is -0.724. The van der Waals surface area contributed by atoms with Crippen molar-refractivity contribution in [3.63, 3.8) is 0 Å². The van der Waals surface area contributed by atoms with Crippen LogP contribution in [0.25, 0.3) is 21.0 Å². The number of thiophene rings is 1. The molecule has 5 aromatic rings. The number of hydrogen-bond donors (Lipinski definition) is 3. The molecule has 0 aliphatic carbocycles. The van der Waals surface area contributed by atoms with Gasteiger partial charge in [-0.1, -0.05) is 0 Å². The fraction of sp³-hybridized carbons (Fsp3) is 0.174. The van der Waals surface area contributed by atoms with Gasteiger partial charge in [-0.25, -0.2) is 19.9 Å². The number of carbonyl (C=O) groups is 2. The molecular weight excluding hydrogens is 516 g/mol. The van der Waals surface area contributed by atoms with E-state index in [1.54, 1.807) is 12.3 Å². The average molecular weight is 535 g/mol. The van der Waals surface area contributed by atoms with E-state index in [-0.39, 0.29) is 16.5 Å². The van der Waals surface area contributed by atoms with Gasteiger partial charge in [-0.3, -0.25) is 19.0 Å². The van der Waals surface area contributed by atoms with E-state index < -0.39 is 17.5 Å². The Kier molecular flexibility index (Phi) is 5.73. The number of nitrogens with two attached hydrogens (primary N) is 1. The Hall–Kier alpha value is -4.43. The van der Waals surface area contributed by atoms with Crippen molar-refractivity contribution in [3.05, 3.63) is 69.1 Å². The van der Waals surface area contributed by atoms with Crippen LogP contribution in [-0.2, 0) is 17.8 Å². The molecule has 0 bridgehead atoms. The first-order valence-corrected chi connectivity index (χ1v) is 12.8. The van der Waals surface area contributed by atoms with Crippen molar-refractivity contribution in [2.24, 2.45) is 0 Å². The van der Waals surface area contributed by atoms with Gasteiger partial charge < -0.3 is 20.8 Å². The summed E-state index contributed by atoms with van der Waals surface area (Å²) in [5.41, 5.74) is 5.24. The van der Waals surface area contributed by atoms with Gasteiger partial charge in [-0.05, 0) is 18.6 Å². The lowest BCUT2D eigenvalue weighted by Crippen LogP contribution is -2.36. The van der Waals surface area contributed by atoms with Crippen molar-refractivity contribution in [3.8, 4) is 10.9 Å². The molecule has 0 saturated heterocycles. The van der Waals surface area contributed by atoms with E-state index in [1.165, 1.54) is 40.8 Å². The maximum atomic E-state index is 13.2. The topological polar surface area (TPSA) is 171 Å². The molecule has 4 N–H and O–H groups in total. The number of hydrogen-bond acceptors (Lipinski definition) is 11. The van der Waals surface area contributed by atoms with Crippen molar-refractivity contribution >= 4 is 56.1 Å². The van der Waals surface area contributed by atoms with Crippen molar-refractivity contribution in [1.29, 1.82) is 0 Å². The van der Waals surface area contributed by atoms with Crippen LogP contribution in [0.2, 0.25) is 0 Å². The number of fused-ring (bicyclic) bond motifs is 2. The number of aromatic nitrogens is 5. The largest absolute Gasteiger partial charge is 0.443 e. The third kappa shape index (κ3) is 4.36. The molecule has 5 aromatic heterocycles. The number of carbonyl (C=O) groups excluding carboxylic acids is 2. The highest BCUT2D eigenvalue weighted by Crippen LogP contribution is 2.28. The molecule has 0 spiro atoms. The smallest absolute Gasteiger partial charge is 0.278 e. The summed E-state index contributed by atoms with van der Waals surface area (Å²) in [6, 6.07) is 3.02. The Morgan fingerprint density at radius 3 is 2.86 bits per heavy atom. The zero-order valence-electron chi connectivity index (χ0n) is 19.0. The molecule has 0 fully saturated rings. The normalized spacial score (nSPS) is 14.5. The second-order valence-corrected chi connectivity index (χ2v) is 10.4. The molecule has 14 heteroatoms. The minimum absolute atomic E-state index is 0.0193. The number of oxazole rings is 1. The molecular formula is C23H18N8O4S2. The van der Waals surface area contributed by atoms with Crippen LogP contribution in [0.3, 0.4) is 0 Å². The van der Waals surface area contributed by atoms with Gasteiger partial charge in [0.15, 0.2) is 5.01 Å².